The summed E-state index contributed by atoms with van der Waals surface area (Å²) in [5, 5.41) is 5.26. The van der Waals surface area contributed by atoms with Gasteiger partial charge in [0.2, 0.25) is 4.96 Å². The zero-order chi connectivity index (χ0) is 22.2. The standard InChI is InChI=1S/C23H15Cl2N3O3S/c1-13-5-2-3-8-17(13)30-12-20-26-23-28(27-20)22(29)19(32-23)11-14-9-10-18(31-14)21-15(24)6-4-7-16(21)25/h2-11H,12H2,1H3/b19-11-. The monoisotopic (exact) mass is 483 g/mol. The van der Waals surface area contributed by atoms with Gasteiger partial charge in [0.05, 0.1) is 15.6 Å². The van der Waals surface area contributed by atoms with Gasteiger partial charge in [0, 0.05) is 6.08 Å². The van der Waals surface area contributed by atoms with Crippen LogP contribution in [0.1, 0.15) is 17.1 Å². The number of halogens is 2. The zero-order valence-electron chi connectivity index (χ0n) is 16.7. The molecule has 0 saturated carbocycles. The topological polar surface area (TPSA) is 69.6 Å². The first-order valence-electron chi connectivity index (χ1n) is 9.62. The van der Waals surface area contributed by atoms with Crippen LogP contribution in [0.15, 0.2) is 63.8 Å². The van der Waals surface area contributed by atoms with Crippen molar-refractivity contribution in [3.8, 4) is 17.1 Å². The van der Waals surface area contributed by atoms with Gasteiger partial charge in [-0.05, 0) is 42.8 Å². The van der Waals surface area contributed by atoms with Crippen molar-refractivity contribution in [2.24, 2.45) is 0 Å². The minimum atomic E-state index is -0.270. The Morgan fingerprint density at radius 1 is 1.09 bits per heavy atom. The summed E-state index contributed by atoms with van der Waals surface area (Å²) in [4.78, 5) is 17.7. The van der Waals surface area contributed by atoms with E-state index in [1.165, 1.54) is 15.9 Å². The van der Waals surface area contributed by atoms with Crippen molar-refractivity contribution in [2.45, 2.75) is 13.5 Å². The molecule has 0 atom stereocenters. The molecule has 0 aliphatic rings. The number of aromatic nitrogens is 3. The quantitative estimate of drug-likeness (QED) is 0.345. The number of fused-ring (bicyclic) bond motifs is 1. The fraction of sp³-hybridized carbons (Fsp3) is 0.0870. The summed E-state index contributed by atoms with van der Waals surface area (Å²) in [5.74, 6) is 2.22. The average Bonchev–Trinajstić information content (AvgIpc) is 3.45. The maximum absolute atomic E-state index is 12.8. The first-order chi connectivity index (χ1) is 15.5. The molecule has 0 fully saturated rings. The Balaban J connectivity index is 1.41. The molecule has 0 N–H and O–H groups in total. The second-order valence-electron chi connectivity index (χ2n) is 6.99. The van der Waals surface area contributed by atoms with Gasteiger partial charge in [-0.3, -0.25) is 4.79 Å². The molecule has 5 rings (SSSR count). The molecule has 3 heterocycles. The lowest BCUT2D eigenvalue weighted by Gasteiger charge is -2.05. The van der Waals surface area contributed by atoms with E-state index in [-0.39, 0.29) is 12.2 Å². The van der Waals surface area contributed by atoms with Gasteiger partial charge in [0.25, 0.3) is 5.56 Å². The highest BCUT2D eigenvalue weighted by Gasteiger charge is 2.14. The van der Waals surface area contributed by atoms with Gasteiger partial charge in [0.1, 0.15) is 28.4 Å². The van der Waals surface area contributed by atoms with Crippen LogP contribution in [0, 0.1) is 6.92 Å². The highest BCUT2D eigenvalue weighted by atomic mass is 35.5. The predicted molar refractivity (Wildman–Crippen MR) is 126 cm³/mol. The smallest absolute Gasteiger partial charge is 0.291 e. The summed E-state index contributed by atoms with van der Waals surface area (Å²) < 4.78 is 13.4. The lowest BCUT2D eigenvalue weighted by Crippen LogP contribution is -2.23. The summed E-state index contributed by atoms with van der Waals surface area (Å²) in [6.45, 7) is 2.14. The highest BCUT2D eigenvalue weighted by Crippen LogP contribution is 2.35. The van der Waals surface area contributed by atoms with Gasteiger partial charge in [-0.1, -0.05) is 58.8 Å². The van der Waals surface area contributed by atoms with Crippen LogP contribution < -0.4 is 14.8 Å². The first kappa shape index (κ1) is 20.8. The minimum Gasteiger partial charge on any atom is -0.485 e. The summed E-state index contributed by atoms with van der Waals surface area (Å²) in [7, 11) is 0. The van der Waals surface area contributed by atoms with E-state index in [1.807, 2.05) is 31.2 Å². The summed E-state index contributed by atoms with van der Waals surface area (Å²) >= 11 is 13.7. The van der Waals surface area contributed by atoms with Gasteiger partial charge in [-0.15, -0.1) is 5.10 Å². The van der Waals surface area contributed by atoms with Crippen LogP contribution in [0.2, 0.25) is 10.0 Å². The number of hydrogen-bond acceptors (Lipinski definition) is 6. The average molecular weight is 484 g/mol. The Bertz CT molecular complexity index is 1530. The van der Waals surface area contributed by atoms with Gasteiger partial charge in [-0.25, -0.2) is 0 Å². The Labute approximate surface area is 196 Å². The van der Waals surface area contributed by atoms with Crippen LogP contribution >= 0.6 is 34.5 Å². The predicted octanol–water partition coefficient (Wildman–Crippen LogP) is 5.15. The third kappa shape index (κ3) is 3.90. The lowest BCUT2D eigenvalue weighted by molar-refractivity contribution is 0.294. The van der Waals surface area contributed by atoms with Gasteiger partial charge in [0.15, 0.2) is 5.82 Å². The molecular formula is C23H15Cl2N3O3S. The van der Waals surface area contributed by atoms with Crippen LogP contribution in [-0.2, 0) is 6.61 Å². The normalized spacial score (nSPS) is 12.0. The molecule has 9 heteroatoms. The number of benzene rings is 2. The van der Waals surface area contributed by atoms with Crippen molar-refractivity contribution >= 4 is 45.6 Å². The molecule has 0 saturated heterocycles. The van der Waals surface area contributed by atoms with Crippen molar-refractivity contribution in [1.29, 1.82) is 0 Å². The fourth-order valence-corrected chi connectivity index (χ4v) is 4.71. The molecule has 0 amide bonds. The number of para-hydroxylation sites is 1. The molecule has 0 unspecified atom stereocenters. The Morgan fingerprint density at radius 3 is 2.62 bits per heavy atom. The number of furan rings is 1. The van der Waals surface area contributed by atoms with Crippen molar-refractivity contribution in [2.75, 3.05) is 0 Å². The van der Waals surface area contributed by atoms with Crippen molar-refractivity contribution in [3.63, 3.8) is 0 Å². The first-order valence-corrected chi connectivity index (χ1v) is 11.2. The van der Waals surface area contributed by atoms with Crippen LogP contribution in [-0.4, -0.2) is 14.6 Å². The Kier molecular flexibility index (Phi) is 5.46. The molecule has 0 radical (unpaired) electrons. The molecule has 5 aromatic rings. The van der Waals surface area contributed by atoms with E-state index >= 15 is 0 Å². The van der Waals surface area contributed by atoms with Gasteiger partial charge < -0.3 is 9.15 Å². The lowest BCUT2D eigenvalue weighted by atomic mass is 10.2. The number of ether oxygens (including phenoxy) is 1. The largest absolute Gasteiger partial charge is 0.485 e. The van der Waals surface area contributed by atoms with Crippen molar-refractivity contribution in [1.82, 2.24) is 14.6 Å². The van der Waals surface area contributed by atoms with E-state index in [9.17, 15) is 4.79 Å². The van der Waals surface area contributed by atoms with Crippen LogP contribution in [0.25, 0.3) is 22.4 Å². The molecular weight excluding hydrogens is 469 g/mol. The van der Waals surface area contributed by atoms with E-state index in [0.717, 1.165) is 11.3 Å². The molecule has 32 heavy (non-hydrogen) atoms. The zero-order valence-corrected chi connectivity index (χ0v) is 19.0. The summed E-state index contributed by atoms with van der Waals surface area (Å²) in [5.41, 5.74) is 1.36. The molecule has 0 bridgehead atoms. The Hall–Kier alpha value is -3.13. The maximum atomic E-state index is 12.8. The fourth-order valence-electron chi connectivity index (χ4n) is 3.22. The van der Waals surface area contributed by atoms with Crippen LogP contribution in [0.3, 0.4) is 0 Å². The Morgan fingerprint density at radius 2 is 1.88 bits per heavy atom. The second kappa shape index (κ2) is 8.43. The number of nitrogens with zero attached hydrogens (tertiary/aromatic N) is 3. The number of thiazole rings is 1. The highest BCUT2D eigenvalue weighted by molar-refractivity contribution is 7.15. The van der Waals surface area contributed by atoms with E-state index in [0.29, 0.717) is 42.4 Å². The van der Waals surface area contributed by atoms with E-state index in [1.54, 1.807) is 36.4 Å². The van der Waals surface area contributed by atoms with Crippen molar-refractivity contribution < 1.29 is 9.15 Å². The van der Waals surface area contributed by atoms with Gasteiger partial charge in [-0.2, -0.15) is 9.50 Å². The number of hydrogen-bond donors (Lipinski definition) is 0. The van der Waals surface area contributed by atoms with Crippen molar-refractivity contribution in [3.05, 3.63) is 96.7 Å². The molecule has 6 nitrogen and oxygen atoms in total. The number of aryl methyl sites for hydroxylation is 1. The molecule has 0 aliphatic heterocycles. The third-order valence-corrected chi connectivity index (χ3v) is 6.37. The van der Waals surface area contributed by atoms with E-state index in [2.05, 4.69) is 10.1 Å². The summed E-state index contributed by atoms with van der Waals surface area (Å²) in [6, 6.07) is 16.5. The number of rotatable bonds is 5. The second-order valence-corrected chi connectivity index (χ2v) is 8.81. The van der Waals surface area contributed by atoms with E-state index < -0.39 is 0 Å². The maximum Gasteiger partial charge on any atom is 0.291 e. The van der Waals surface area contributed by atoms with Crippen LogP contribution in [0.5, 0.6) is 5.75 Å². The third-order valence-electron chi connectivity index (χ3n) is 4.79. The van der Waals surface area contributed by atoms with Gasteiger partial charge >= 0.3 is 0 Å². The molecule has 2 aromatic carbocycles. The molecule has 0 spiro atoms. The minimum absolute atomic E-state index is 0.178. The van der Waals surface area contributed by atoms with E-state index in [4.69, 9.17) is 32.4 Å². The molecule has 160 valence electrons. The molecule has 3 aromatic heterocycles. The summed E-state index contributed by atoms with van der Waals surface area (Å²) in [6.07, 6.45) is 1.65. The molecule has 0 aliphatic carbocycles. The SMILES string of the molecule is Cc1ccccc1OCc1nc2s/c(=C\c3ccc(-c4c(Cl)cccc4Cl)o3)c(=O)n2n1. The van der Waals surface area contributed by atoms with Crippen LogP contribution in [0.4, 0.5) is 0 Å².